The van der Waals surface area contributed by atoms with Gasteiger partial charge in [-0.25, -0.2) is 14.4 Å². The third-order valence-corrected chi connectivity index (χ3v) is 3.22. The summed E-state index contributed by atoms with van der Waals surface area (Å²) in [6, 6.07) is 2.79. The zero-order valence-corrected chi connectivity index (χ0v) is 10.7. The largest absolute Gasteiger partial charge is 0.409 e. The van der Waals surface area contributed by atoms with Crippen molar-refractivity contribution in [2.24, 2.45) is 0 Å². The fourth-order valence-corrected chi connectivity index (χ4v) is 2.24. The smallest absolute Gasteiger partial charge is 0.280 e. The molecule has 0 aliphatic rings. The number of aromatic amines is 1. The zero-order valence-electron chi connectivity index (χ0n) is 9.92. The van der Waals surface area contributed by atoms with Gasteiger partial charge < -0.3 is 4.74 Å². The van der Waals surface area contributed by atoms with Crippen LogP contribution in [0.3, 0.4) is 0 Å². The Kier molecular flexibility index (Phi) is 2.96. The zero-order chi connectivity index (χ0) is 13.2. The topological polar surface area (TPSA) is 63.7 Å². The number of rotatable bonds is 3. The molecule has 0 aliphatic carbocycles. The van der Waals surface area contributed by atoms with E-state index in [-0.39, 0.29) is 5.88 Å². The summed E-state index contributed by atoms with van der Waals surface area (Å²) in [6.07, 6.45) is 3.16. The van der Waals surface area contributed by atoms with Crippen molar-refractivity contribution in [1.82, 2.24) is 20.2 Å². The molecule has 96 valence electrons. The molecule has 0 aromatic carbocycles. The van der Waals surface area contributed by atoms with E-state index in [1.54, 1.807) is 6.20 Å². The minimum atomic E-state index is -0.515. The standard InChI is InChI=1S/C12H9FN4OS/c1-7-8(5-15-17-7)10-6-19-12(16-10)18-11-9(13)3-2-4-14-11/h2-6H,1H3,(H,15,17). The maximum atomic E-state index is 13.4. The van der Waals surface area contributed by atoms with E-state index in [1.165, 1.54) is 29.7 Å². The Balaban J connectivity index is 1.87. The normalized spacial score (nSPS) is 10.6. The van der Waals surface area contributed by atoms with Crippen LogP contribution >= 0.6 is 11.3 Å². The highest BCUT2D eigenvalue weighted by Crippen LogP contribution is 2.30. The van der Waals surface area contributed by atoms with Crippen molar-refractivity contribution in [3.8, 4) is 22.3 Å². The molecule has 0 spiro atoms. The minimum absolute atomic E-state index is 0.0766. The van der Waals surface area contributed by atoms with Crippen LogP contribution in [0.2, 0.25) is 0 Å². The molecular formula is C12H9FN4OS. The predicted octanol–water partition coefficient (Wildman–Crippen LogP) is 3.17. The number of halogens is 1. The number of aryl methyl sites for hydroxylation is 1. The molecule has 3 rings (SSSR count). The molecule has 1 N–H and O–H groups in total. The van der Waals surface area contributed by atoms with Gasteiger partial charge in [-0.3, -0.25) is 5.10 Å². The first-order chi connectivity index (χ1) is 9.24. The fraction of sp³-hybridized carbons (Fsp3) is 0.0833. The average Bonchev–Trinajstić information content (AvgIpc) is 3.01. The number of pyridine rings is 1. The van der Waals surface area contributed by atoms with Gasteiger partial charge in [-0.2, -0.15) is 5.10 Å². The van der Waals surface area contributed by atoms with Crippen molar-refractivity contribution in [2.45, 2.75) is 6.92 Å². The Morgan fingerprint density at radius 3 is 3.05 bits per heavy atom. The number of nitrogens with zero attached hydrogens (tertiary/aromatic N) is 3. The third-order valence-electron chi connectivity index (χ3n) is 2.50. The second-order valence-electron chi connectivity index (χ2n) is 3.80. The summed E-state index contributed by atoms with van der Waals surface area (Å²) in [7, 11) is 0. The third kappa shape index (κ3) is 2.32. The molecule has 0 saturated heterocycles. The van der Waals surface area contributed by atoms with Gasteiger partial charge in [0.1, 0.15) is 0 Å². The molecule has 3 heterocycles. The van der Waals surface area contributed by atoms with Crippen LogP contribution in [-0.4, -0.2) is 20.2 Å². The van der Waals surface area contributed by atoms with E-state index >= 15 is 0 Å². The van der Waals surface area contributed by atoms with Crippen LogP contribution in [-0.2, 0) is 0 Å². The summed E-state index contributed by atoms with van der Waals surface area (Å²) in [5, 5.41) is 8.94. The van der Waals surface area contributed by atoms with Crippen molar-refractivity contribution in [3.63, 3.8) is 0 Å². The van der Waals surface area contributed by atoms with Crippen LogP contribution in [0.5, 0.6) is 11.1 Å². The Bertz CT molecular complexity index is 709. The summed E-state index contributed by atoms with van der Waals surface area (Å²) < 4.78 is 18.7. The molecule has 0 radical (unpaired) electrons. The molecule has 19 heavy (non-hydrogen) atoms. The molecule has 0 aliphatic heterocycles. The summed E-state index contributed by atoms with van der Waals surface area (Å²) in [6.45, 7) is 1.90. The second-order valence-corrected chi connectivity index (χ2v) is 4.62. The number of ether oxygens (including phenoxy) is 1. The van der Waals surface area contributed by atoms with Gasteiger partial charge in [-0.05, 0) is 19.1 Å². The van der Waals surface area contributed by atoms with Crippen molar-refractivity contribution >= 4 is 11.3 Å². The quantitative estimate of drug-likeness (QED) is 0.798. The lowest BCUT2D eigenvalue weighted by Crippen LogP contribution is -1.90. The summed E-state index contributed by atoms with van der Waals surface area (Å²) >= 11 is 1.28. The summed E-state index contributed by atoms with van der Waals surface area (Å²) in [4.78, 5) is 8.09. The Hall–Kier alpha value is -2.28. The van der Waals surface area contributed by atoms with Crippen LogP contribution < -0.4 is 4.74 Å². The van der Waals surface area contributed by atoms with Crippen molar-refractivity contribution in [1.29, 1.82) is 0 Å². The average molecular weight is 276 g/mol. The highest BCUT2D eigenvalue weighted by Gasteiger charge is 2.12. The Morgan fingerprint density at radius 1 is 1.42 bits per heavy atom. The minimum Gasteiger partial charge on any atom is -0.409 e. The van der Waals surface area contributed by atoms with E-state index in [4.69, 9.17) is 4.74 Å². The fourth-order valence-electron chi connectivity index (χ4n) is 1.57. The molecule has 7 heteroatoms. The lowest BCUT2D eigenvalue weighted by atomic mass is 10.2. The molecule has 0 fully saturated rings. The van der Waals surface area contributed by atoms with Crippen LogP contribution in [0.4, 0.5) is 4.39 Å². The van der Waals surface area contributed by atoms with Crippen molar-refractivity contribution in [2.75, 3.05) is 0 Å². The van der Waals surface area contributed by atoms with E-state index in [2.05, 4.69) is 20.2 Å². The molecule has 0 atom stereocenters. The first kappa shape index (κ1) is 11.8. The summed E-state index contributed by atoms with van der Waals surface area (Å²) in [5.74, 6) is -0.592. The number of H-pyrrole nitrogens is 1. The van der Waals surface area contributed by atoms with E-state index in [0.717, 1.165) is 17.0 Å². The van der Waals surface area contributed by atoms with Crippen LogP contribution in [0, 0.1) is 12.7 Å². The molecule has 5 nitrogen and oxygen atoms in total. The predicted molar refractivity (Wildman–Crippen MR) is 68.7 cm³/mol. The van der Waals surface area contributed by atoms with Gasteiger partial charge in [-0.1, -0.05) is 11.3 Å². The Labute approximate surface area is 112 Å². The molecule has 0 amide bonds. The first-order valence-electron chi connectivity index (χ1n) is 5.48. The van der Waals surface area contributed by atoms with E-state index < -0.39 is 5.82 Å². The van der Waals surface area contributed by atoms with E-state index in [9.17, 15) is 4.39 Å². The lowest BCUT2D eigenvalue weighted by molar-refractivity contribution is 0.420. The highest BCUT2D eigenvalue weighted by molar-refractivity contribution is 7.11. The van der Waals surface area contributed by atoms with Gasteiger partial charge in [0, 0.05) is 22.8 Å². The number of thiazole rings is 1. The molecular weight excluding hydrogens is 267 g/mol. The Morgan fingerprint density at radius 2 is 2.32 bits per heavy atom. The number of hydrogen-bond acceptors (Lipinski definition) is 5. The molecule has 0 saturated carbocycles. The van der Waals surface area contributed by atoms with Gasteiger partial charge in [0.2, 0.25) is 0 Å². The molecule has 0 unspecified atom stereocenters. The summed E-state index contributed by atoms with van der Waals surface area (Å²) in [5.41, 5.74) is 2.55. The number of aromatic nitrogens is 4. The van der Waals surface area contributed by atoms with E-state index in [0.29, 0.717) is 5.19 Å². The number of nitrogens with one attached hydrogen (secondary N) is 1. The molecule has 3 aromatic heterocycles. The van der Waals surface area contributed by atoms with Gasteiger partial charge in [-0.15, -0.1) is 0 Å². The maximum Gasteiger partial charge on any atom is 0.280 e. The number of hydrogen-bond donors (Lipinski definition) is 1. The van der Waals surface area contributed by atoms with E-state index in [1.807, 2.05) is 12.3 Å². The highest BCUT2D eigenvalue weighted by atomic mass is 32.1. The van der Waals surface area contributed by atoms with Crippen molar-refractivity contribution in [3.05, 3.63) is 41.4 Å². The second kappa shape index (κ2) is 4.77. The van der Waals surface area contributed by atoms with Crippen LogP contribution in [0.25, 0.3) is 11.3 Å². The van der Waals surface area contributed by atoms with Gasteiger partial charge in [0.15, 0.2) is 5.82 Å². The molecule has 0 bridgehead atoms. The van der Waals surface area contributed by atoms with Crippen LogP contribution in [0.15, 0.2) is 29.9 Å². The first-order valence-corrected chi connectivity index (χ1v) is 6.36. The monoisotopic (exact) mass is 276 g/mol. The van der Waals surface area contributed by atoms with Crippen molar-refractivity contribution < 1.29 is 9.13 Å². The molecule has 3 aromatic rings. The van der Waals surface area contributed by atoms with Gasteiger partial charge in [0.05, 0.1) is 11.9 Å². The van der Waals surface area contributed by atoms with Crippen LogP contribution in [0.1, 0.15) is 5.69 Å². The lowest BCUT2D eigenvalue weighted by Gasteiger charge is -2.00. The maximum absolute atomic E-state index is 13.4. The van der Waals surface area contributed by atoms with Gasteiger partial charge >= 0.3 is 0 Å². The SMILES string of the molecule is Cc1[nH]ncc1-c1csc(Oc2ncccc2F)n1. The van der Waals surface area contributed by atoms with Gasteiger partial charge in [0.25, 0.3) is 11.1 Å².